The highest BCUT2D eigenvalue weighted by Crippen LogP contribution is 2.30. The third-order valence-corrected chi connectivity index (χ3v) is 5.38. The maximum atomic E-state index is 12.9. The number of hydrogen-bond donors (Lipinski definition) is 1. The summed E-state index contributed by atoms with van der Waals surface area (Å²) < 4.78 is 11.9. The second kappa shape index (κ2) is 8.54. The first-order valence-electron chi connectivity index (χ1n) is 8.34. The molecule has 136 valence electrons. The molecule has 1 amide bonds. The number of amides is 1. The molecule has 2 aromatic carbocycles. The molecule has 0 aliphatic rings. The predicted octanol–water partition coefficient (Wildman–Crippen LogP) is 5.07. The first kappa shape index (κ1) is 18.7. The molecule has 1 unspecified atom stereocenters. The van der Waals surface area contributed by atoms with Gasteiger partial charge >= 0.3 is 0 Å². The smallest absolute Gasteiger partial charge is 0.255 e. The number of nitrogens with one attached hydrogen (secondary N) is 1. The van der Waals surface area contributed by atoms with E-state index in [4.69, 9.17) is 21.1 Å². The van der Waals surface area contributed by atoms with Gasteiger partial charge in [0.05, 0.1) is 16.5 Å². The van der Waals surface area contributed by atoms with Crippen molar-refractivity contribution in [3.05, 3.63) is 63.3 Å². The molecule has 3 aromatic rings. The van der Waals surface area contributed by atoms with Crippen molar-refractivity contribution in [2.45, 2.75) is 13.0 Å². The van der Waals surface area contributed by atoms with Gasteiger partial charge in [-0.2, -0.15) is 0 Å². The molecule has 0 bridgehead atoms. The second-order valence-electron chi connectivity index (χ2n) is 5.67. The number of methoxy groups -OCH3 is 1. The number of fused-ring (bicyclic) bond motifs is 1. The summed E-state index contributed by atoms with van der Waals surface area (Å²) in [6, 6.07) is 15.3. The van der Waals surface area contributed by atoms with E-state index in [1.54, 1.807) is 7.11 Å². The number of ether oxygens (including phenoxy) is 2. The number of thiophene rings is 1. The number of halogens is 1. The van der Waals surface area contributed by atoms with Crippen LogP contribution in [0, 0.1) is 0 Å². The Labute approximate surface area is 161 Å². The van der Waals surface area contributed by atoms with Gasteiger partial charge < -0.3 is 14.8 Å². The number of benzene rings is 2. The lowest BCUT2D eigenvalue weighted by Crippen LogP contribution is -2.29. The largest absolute Gasteiger partial charge is 0.493 e. The van der Waals surface area contributed by atoms with Crippen LogP contribution in [0.15, 0.2) is 48.5 Å². The molecule has 1 N–H and O–H groups in total. The lowest BCUT2D eigenvalue weighted by atomic mass is 10.0. The molecule has 26 heavy (non-hydrogen) atoms. The minimum atomic E-state index is -0.248. The van der Waals surface area contributed by atoms with Crippen molar-refractivity contribution in [2.75, 3.05) is 20.3 Å². The molecule has 0 fully saturated rings. The fraction of sp³-hybridized carbons (Fsp3) is 0.250. The number of carbonyl (C=O) groups excluding carboxylic acids is 1. The summed E-state index contributed by atoms with van der Waals surface area (Å²) in [4.78, 5) is 13.9. The summed E-state index contributed by atoms with van der Waals surface area (Å²) in [5, 5.41) is 4.83. The van der Waals surface area contributed by atoms with Gasteiger partial charge in [-0.25, -0.2) is 0 Å². The van der Waals surface area contributed by atoms with Gasteiger partial charge in [0.15, 0.2) is 0 Å². The van der Waals surface area contributed by atoms with Crippen molar-refractivity contribution < 1.29 is 14.3 Å². The van der Waals surface area contributed by atoms with E-state index in [0.29, 0.717) is 28.8 Å². The van der Waals surface area contributed by atoms with E-state index in [1.165, 1.54) is 11.3 Å². The van der Waals surface area contributed by atoms with E-state index in [1.807, 2.05) is 55.5 Å². The Hall–Kier alpha value is -2.08. The Kier molecular flexibility index (Phi) is 6.14. The van der Waals surface area contributed by atoms with Gasteiger partial charge in [-0.1, -0.05) is 41.9 Å². The lowest BCUT2D eigenvalue weighted by molar-refractivity contribution is 0.0836. The van der Waals surface area contributed by atoms with Crippen molar-refractivity contribution >= 4 is 39.6 Å². The number of hydrogen-bond acceptors (Lipinski definition) is 4. The van der Waals surface area contributed by atoms with Gasteiger partial charge in [-0.15, -0.1) is 11.3 Å². The monoisotopic (exact) mass is 389 g/mol. The van der Waals surface area contributed by atoms with Crippen molar-refractivity contribution in [3.8, 4) is 5.75 Å². The van der Waals surface area contributed by atoms with Crippen LogP contribution in [-0.4, -0.2) is 26.2 Å². The molecule has 0 aliphatic carbocycles. The Morgan fingerprint density at radius 3 is 2.69 bits per heavy atom. The molecule has 0 radical (unpaired) electrons. The number of rotatable bonds is 7. The topological polar surface area (TPSA) is 47.6 Å². The van der Waals surface area contributed by atoms with Crippen LogP contribution in [0.25, 0.3) is 10.8 Å². The molecule has 1 heterocycles. The van der Waals surface area contributed by atoms with Crippen LogP contribution in [0.2, 0.25) is 4.34 Å². The first-order valence-corrected chi connectivity index (χ1v) is 9.54. The van der Waals surface area contributed by atoms with Crippen LogP contribution in [0.3, 0.4) is 0 Å². The highest BCUT2D eigenvalue weighted by molar-refractivity contribution is 7.16. The fourth-order valence-electron chi connectivity index (χ4n) is 2.84. The van der Waals surface area contributed by atoms with Gasteiger partial charge in [-0.05, 0) is 35.9 Å². The van der Waals surface area contributed by atoms with E-state index in [2.05, 4.69) is 5.32 Å². The zero-order valence-corrected chi connectivity index (χ0v) is 16.2. The van der Waals surface area contributed by atoms with Crippen LogP contribution < -0.4 is 10.1 Å². The van der Waals surface area contributed by atoms with Gasteiger partial charge in [0, 0.05) is 18.5 Å². The molecular weight excluding hydrogens is 370 g/mol. The van der Waals surface area contributed by atoms with Crippen LogP contribution in [0.5, 0.6) is 5.75 Å². The molecule has 4 nitrogen and oxygen atoms in total. The maximum Gasteiger partial charge on any atom is 0.255 e. The standard InChI is InChI=1S/C20H20ClNO3S/c1-3-25-15-9-8-13-6-4-5-7-14(13)19(15)20(23)22-12-16(24-2)17-10-11-18(21)26-17/h4-11,16H,3,12H2,1-2H3,(H,22,23). The van der Waals surface area contributed by atoms with E-state index >= 15 is 0 Å². The fourth-order valence-corrected chi connectivity index (χ4v) is 3.98. The average molecular weight is 390 g/mol. The Bertz CT molecular complexity index is 909. The van der Waals surface area contributed by atoms with Crippen molar-refractivity contribution in [3.63, 3.8) is 0 Å². The maximum absolute atomic E-state index is 12.9. The SMILES string of the molecule is CCOc1ccc2ccccc2c1C(=O)NCC(OC)c1ccc(Cl)s1. The molecule has 1 atom stereocenters. The molecule has 6 heteroatoms. The summed E-state index contributed by atoms with van der Waals surface area (Å²) in [6.07, 6.45) is -0.248. The average Bonchev–Trinajstić information content (AvgIpc) is 3.08. The Morgan fingerprint density at radius 2 is 2.00 bits per heavy atom. The number of carbonyl (C=O) groups is 1. The summed E-state index contributed by atoms with van der Waals surface area (Å²) in [5.41, 5.74) is 0.545. The van der Waals surface area contributed by atoms with E-state index in [-0.39, 0.29) is 12.0 Å². The molecule has 0 saturated heterocycles. The lowest BCUT2D eigenvalue weighted by Gasteiger charge is -2.17. The summed E-state index contributed by atoms with van der Waals surface area (Å²) in [7, 11) is 1.62. The highest BCUT2D eigenvalue weighted by atomic mass is 35.5. The highest BCUT2D eigenvalue weighted by Gasteiger charge is 2.19. The zero-order valence-electron chi connectivity index (χ0n) is 14.6. The van der Waals surface area contributed by atoms with Crippen LogP contribution in [0.1, 0.15) is 28.3 Å². The Morgan fingerprint density at radius 1 is 1.19 bits per heavy atom. The Balaban J connectivity index is 1.85. The van der Waals surface area contributed by atoms with Gasteiger partial charge in [-0.3, -0.25) is 4.79 Å². The molecule has 0 saturated carbocycles. The van der Waals surface area contributed by atoms with E-state index < -0.39 is 0 Å². The predicted molar refractivity (Wildman–Crippen MR) is 107 cm³/mol. The minimum absolute atomic E-state index is 0.185. The van der Waals surface area contributed by atoms with Crippen LogP contribution >= 0.6 is 22.9 Å². The third kappa shape index (κ3) is 4.01. The quantitative estimate of drug-likeness (QED) is 0.613. The van der Waals surface area contributed by atoms with Crippen molar-refractivity contribution in [1.29, 1.82) is 0 Å². The van der Waals surface area contributed by atoms with Crippen molar-refractivity contribution in [1.82, 2.24) is 5.32 Å². The van der Waals surface area contributed by atoms with Gasteiger partial charge in [0.25, 0.3) is 5.91 Å². The van der Waals surface area contributed by atoms with Gasteiger partial charge in [0.1, 0.15) is 11.9 Å². The second-order valence-corrected chi connectivity index (χ2v) is 7.42. The molecule has 1 aromatic heterocycles. The van der Waals surface area contributed by atoms with E-state index in [0.717, 1.165) is 15.6 Å². The van der Waals surface area contributed by atoms with Crippen LogP contribution in [0.4, 0.5) is 0 Å². The molecule has 0 spiro atoms. The summed E-state index contributed by atoms with van der Waals surface area (Å²) in [6.45, 7) is 2.74. The van der Waals surface area contributed by atoms with Crippen molar-refractivity contribution in [2.24, 2.45) is 0 Å². The van der Waals surface area contributed by atoms with E-state index in [9.17, 15) is 4.79 Å². The summed E-state index contributed by atoms with van der Waals surface area (Å²) >= 11 is 7.45. The normalized spacial score (nSPS) is 12.1. The summed E-state index contributed by atoms with van der Waals surface area (Å²) in [5.74, 6) is 0.395. The zero-order chi connectivity index (χ0) is 18.5. The van der Waals surface area contributed by atoms with Crippen LogP contribution in [-0.2, 0) is 4.74 Å². The molecule has 0 aliphatic heterocycles. The van der Waals surface area contributed by atoms with Gasteiger partial charge in [0.2, 0.25) is 0 Å². The third-order valence-electron chi connectivity index (χ3n) is 4.06. The first-order chi connectivity index (χ1) is 12.6. The minimum Gasteiger partial charge on any atom is -0.493 e. The molecule has 3 rings (SSSR count). The molecular formula is C20H20ClNO3S.